The maximum atomic E-state index is 5.52. The van der Waals surface area contributed by atoms with Gasteiger partial charge in [0.1, 0.15) is 11.8 Å². The number of hydrogen-bond acceptors (Lipinski definition) is 4. The van der Waals surface area contributed by atoms with E-state index in [0.29, 0.717) is 22.8 Å². The van der Waals surface area contributed by atoms with E-state index >= 15 is 0 Å². The molecular weight excluding hydrogens is 231 g/mol. The minimum absolute atomic E-state index is 0. The zero-order valence-electron chi connectivity index (χ0n) is 6.28. The zero-order chi connectivity index (χ0) is 7.84. The Kier molecular flexibility index (Phi) is 2.64. The van der Waals surface area contributed by atoms with Gasteiger partial charge in [-0.25, -0.2) is 15.0 Å². The first kappa shape index (κ1) is 9.41. The maximum Gasteiger partial charge on any atom is 0.180 e. The van der Waals surface area contributed by atoms with Crippen molar-refractivity contribution in [3.63, 3.8) is 0 Å². The summed E-state index contributed by atoms with van der Waals surface area (Å²) in [6, 6.07) is 0. The van der Waals surface area contributed by atoms with Crippen molar-refractivity contribution in [3.05, 3.63) is 19.1 Å². The number of H-pyrrole nitrogens is 1. The molecule has 0 aliphatic heterocycles. The zero-order valence-corrected chi connectivity index (χ0v) is 9.12. The number of nitrogens with two attached hydrogens (primary N) is 1. The van der Waals surface area contributed by atoms with Gasteiger partial charge in [0.05, 0.1) is 0 Å². The molecule has 2 heterocycles. The van der Waals surface area contributed by atoms with Gasteiger partial charge in [-0.05, 0) is 5.82 Å². The standard InChI is InChI=1S/C6H6N5.Y/c1-3-10-4-5(7)8-2-9-6(4)11-3;/h2H,1H2,(H3,7,8,9,10,11);/q-1;. The Bertz CT molecular complexity index is 396. The summed E-state index contributed by atoms with van der Waals surface area (Å²) < 4.78 is 0. The number of rotatable bonds is 0. The fourth-order valence-corrected chi connectivity index (χ4v) is 0.894. The molecule has 1 radical (unpaired) electrons. The van der Waals surface area contributed by atoms with Gasteiger partial charge in [-0.2, -0.15) is 0 Å². The Morgan fingerprint density at radius 2 is 2.17 bits per heavy atom. The molecule has 0 saturated heterocycles. The van der Waals surface area contributed by atoms with Crippen LogP contribution in [0.2, 0.25) is 0 Å². The molecule has 3 N–H and O–H groups in total. The van der Waals surface area contributed by atoms with E-state index in [0.717, 1.165) is 0 Å². The number of fused-ring (bicyclic) bond motifs is 1. The minimum Gasteiger partial charge on any atom is -0.382 e. The molecule has 0 amide bonds. The molecule has 5 nitrogen and oxygen atoms in total. The van der Waals surface area contributed by atoms with Crippen LogP contribution in [0.25, 0.3) is 11.2 Å². The molecule has 2 aromatic heterocycles. The summed E-state index contributed by atoms with van der Waals surface area (Å²) in [5, 5.41) is 0. The first-order chi connectivity index (χ1) is 5.27. The fraction of sp³-hybridized carbons (Fsp3) is 0. The van der Waals surface area contributed by atoms with Crippen LogP contribution in [0.3, 0.4) is 0 Å². The molecule has 0 aliphatic rings. The average molecular weight is 237 g/mol. The smallest absolute Gasteiger partial charge is 0.180 e. The molecule has 59 valence electrons. The van der Waals surface area contributed by atoms with Crippen molar-refractivity contribution < 1.29 is 32.7 Å². The minimum atomic E-state index is 0. The largest absolute Gasteiger partial charge is 0.382 e. The van der Waals surface area contributed by atoms with Crippen molar-refractivity contribution >= 4 is 17.0 Å². The van der Waals surface area contributed by atoms with E-state index in [-0.39, 0.29) is 32.7 Å². The summed E-state index contributed by atoms with van der Waals surface area (Å²) in [5.41, 5.74) is 6.73. The third-order valence-electron chi connectivity index (χ3n) is 1.37. The quantitative estimate of drug-likeness (QED) is 0.637. The summed E-state index contributed by atoms with van der Waals surface area (Å²) >= 11 is 0. The van der Waals surface area contributed by atoms with Crippen molar-refractivity contribution in [1.29, 1.82) is 0 Å². The number of nitrogens with one attached hydrogen (secondary N) is 1. The number of nitrogen functional groups attached to an aromatic ring is 1. The molecule has 0 unspecified atom stereocenters. The normalized spacial score (nSPS) is 9.67. The Morgan fingerprint density at radius 3 is 2.83 bits per heavy atom. The number of hydrogen-bond donors (Lipinski definition) is 2. The van der Waals surface area contributed by atoms with Crippen LogP contribution in [-0.2, 0) is 32.7 Å². The summed E-state index contributed by atoms with van der Waals surface area (Å²) in [5.74, 6) is 0.949. The molecule has 12 heavy (non-hydrogen) atoms. The van der Waals surface area contributed by atoms with E-state index in [1.165, 1.54) is 6.33 Å². The molecular formula is C6H6N5Y-. The van der Waals surface area contributed by atoms with Gasteiger partial charge in [0, 0.05) is 32.7 Å². The van der Waals surface area contributed by atoms with Crippen molar-refractivity contribution in [2.24, 2.45) is 0 Å². The second-order valence-electron chi connectivity index (χ2n) is 2.14. The van der Waals surface area contributed by atoms with Gasteiger partial charge in [-0.15, -0.1) is 0 Å². The molecule has 0 aliphatic carbocycles. The van der Waals surface area contributed by atoms with Gasteiger partial charge in [0.25, 0.3) is 0 Å². The van der Waals surface area contributed by atoms with Gasteiger partial charge in [-0.1, -0.05) is 0 Å². The Hall–Kier alpha value is -0.676. The first-order valence-corrected chi connectivity index (χ1v) is 3.05. The van der Waals surface area contributed by atoms with E-state index < -0.39 is 0 Å². The number of aromatic nitrogens is 4. The molecule has 0 atom stereocenters. The molecule has 0 aromatic carbocycles. The van der Waals surface area contributed by atoms with Crippen LogP contribution < -0.4 is 5.73 Å². The summed E-state index contributed by atoms with van der Waals surface area (Å²) in [6.45, 7) is 3.61. The predicted molar refractivity (Wildman–Crippen MR) is 40.6 cm³/mol. The van der Waals surface area contributed by atoms with Crippen molar-refractivity contribution in [3.8, 4) is 0 Å². The molecule has 0 spiro atoms. The third kappa shape index (κ3) is 1.42. The van der Waals surface area contributed by atoms with Crippen LogP contribution in [0.15, 0.2) is 6.33 Å². The Balaban J connectivity index is 0.000000720. The number of nitrogens with zero attached hydrogens (tertiary/aromatic N) is 3. The second kappa shape index (κ2) is 3.37. The van der Waals surface area contributed by atoms with Crippen LogP contribution in [0.1, 0.15) is 5.82 Å². The van der Waals surface area contributed by atoms with Crippen LogP contribution >= 0.6 is 0 Å². The van der Waals surface area contributed by atoms with E-state index in [2.05, 4.69) is 26.9 Å². The molecule has 0 saturated carbocycles. The summed E-state index contributed by atoms with van der Waals surface area (Å²) in [6.07, 6.45) is 1.37. The van der Waals surface area contributed by atoms with Gasteiger partial charge in [0.2, 0.25) is 0 Å². The molecule has 0 bridgehead atoms. The maximum absolute atomic E-state index is 5.52. The van der Waals surface area contributed by atoms with Gasteiger partial charge >= 0.3 is 0 Å². The van der Waals surface area contributed by atoms with Gasteiger partial charge in [-0.3, -0.25) is 0 Å². The molecule has 0 fully saturated rings. The summed E-state index contributed by atoms with van der Waals surface area (Å²) in [4.78, 5) is 14.5. The van der Waals surface area contributed by atoms with E-state index in [1.807, 2.05) is 0 Å². The Morgan fingerprint density at radius 1 is 1.42 bits per heavy atom. The Labute approximate surface area is 94.1 Å². The number of imidazole rings is 1. The number of aromatic amines is 1. The monoisotopic (exact) mass is 237 g/mol. The molecule has 6 heteroatoms. The van der Waals surface area contributed by atoms with E-state index in [9.17, 15) is 0 Å². The topological polar surface area (TPSA) is 80.5 Å². The van der Waals surface area contributed by atoms with Crippen LogP contribution in [0, 0.1) is 6.92 Å². The predicted octanol–water partition coefficient (Wildman–Crippen LogP) is 0.115. The van der Waals surface area contributed by atoms with Gasteiger partial charge in [0.15, 0.2) is 11.5 Å². The fourth-order valence-electron chi connectivity index (χ4n) is 0.894. The van der Waals surface area contributed by atoms with Crippen LogP contribution in [0.4, 0.5) is 5.82 Å². The summed E-state index contributed by atoms with van der Waals surface area (Å²) in [7, 11) is 0. The third-order valence-corrected chi connectivity index (χ3v) is 1.37. The van der Waals surface area contributed by atoms with Crippen molar-refractivity contribution in [1.82, 2.24) is 19.9 Å². The average Bonchev–Trinajstić information content (AvgIpc) is 2.31. The van der Waals surface area contributed by atoms with Gasteiger partial charge < -0.3 is 17.6 Å². The first-order valence-electron chi connectivity index (χ1n) is 3.05. The van der Waals surface area contributed by atoms with Crippen LogP contribution in [-0.4, -0.2) is 19.9 Å². The molecule has 2 rings (SSSR count). The number of anilines is 1. The van der Waals surface area contributed by atoms with Crippen molar-refractivity contribution in [2.75, 3.05) is 5.73 Å². The molecule has 2 aromatic rings. The second-order valence-corrected chi connectivity index (χ2v) is 2.14. The van der Waals surface area contributed by atoms with E-state index in [1.54, 1.807) is 0 Å². The van der Waals surface area contributed by atoms with Crippen molar-refractivity contribution in [2.45, 2.75) is 0 Å². The van der Waals surface area contributed by atoms with Crippen LogP contribution in [0.5, 0.6) is 0 Å². The van der Waals surface area contributed by atoms with E-state index in [4.69, 9.17) is 5.73 Å². The SMILES string of the molecule is [CH2-]c1nc2ncnc(N)c2[nH]1.[Y].